The molecule has 236 valence electrons. The van der Waals surface area contributed by atoms with E-state index in [2.05, 4.69) is 25.7 Å². The molecular weight excluding hydrogens is 593 g/mol. The summed E-state index contributed by atoms with van der Waals surface area (Å²) in [5.74, 6) is -0.204. The van der Waals surface area contributed by atoms with Gasteiger partial charge in [-0.2, -0.15) is 44.3 Å². The molecule has 1 fully saturated rings. The first-order chi connectivity index (χ1) is 20.0. The molecule has 1 saturated carbocycles. The van der Waals surface area contributed by atoms with Crippen molar-refractivity contribution >= 4 is 5.95 Å². The maximum atomic E-state index is 13.8. The van der Waals surface area contributed by atoms with Crippen molar-refractivity contribution < 1.29 is 39.5 Å². The fraction of sp³-hybridized carbons (Fsp3) is 0.556. The fourth-order valence-electron chi connectivity index (χ4n) is 5.19. The van der Waals surface area contributed by atoms with Gasteiger partial charge < -0.3 is 10.2 Å². The summed E-state index contributed by atoms with van der Waals surface area (Å²) < 4.78 is 122. The summed E-state index contributed by atoms with van der Waals surface area (Å²) in [5.41, 5.74) is -4.13. The van der Waals surface area contributed by atoms with Gasteiger partial charge in [-0.25, -0.2) is 0 Å². The molecule has 1 N–H and O–H groups in total. The van der Waals surface area contributed by atoms with Crippen LogP contribution < -0.4 is 10.2 Å². The molecule has 7 nitrogen and oxygen atoms in total. The Bertz CT molecular complexity index is 1340. The summed E-state index contributed by atoms with van der Waals surface area (Å²) in [7, 11) is 1.39. The summed E-state index contributed by atoms with van der Waals surface area (Å²) >= 11 is 0. The van der Waals surface area contributed by atoms with Gasteiger partial charge in [0, 0.05) is 31.4 Å². The number of pyridine rings is 1. The van der Waals surface area contributed by atoms with E-state index >= 15 is 0 Å². The van der Waals surface area contributed by atoms with Crippen LogP contribution >= 0.6 is 0 Å². The van der Waals surface area contributed by atoms with Crippen molar-refractivity contribution in [3.63, 3.8) is 0 Å². The maximum absolute atomic E-state index is 13.8. The number of hydrogen-bond donors (Lipinski definition) is 1. The normalized spacial score (nSPS) is 16.0. The van der Waals surface area contributed by atoms with Crippen molar-refractivity contribution in [2.24, 2.45) is 7.05 Å². The zero-order valence-corrected chi connectivity index (χ0v) is 23.3. The number of aryl methyl sites for hydroxylation is 1. The molecule has 0 aliphatic heterocycles. The number of alkyl halides is 9. The number of rotatable bonds is 9. The number of aromatic nitrogens is 5. The molecule has 1 unspecified atom stereocenters. The summed E-state index contributed by atoms with van der Waals surface area (Å²) in [4.78, 5) is 6.36. The minimum Gasteiger partial charge on any atom is -0.329 e. The van der Waals surface area contributed by atoms with E-state index in [0.29, 0.717) is 18.6 Å². The molecule has 1 atom stereocenters. The van der Waals surface area contributed by atoms with Crippen LogP contribution in [0.2, 0.25) is 0 Å². The first-order valence-corrected chi connectivity index (χ1v) is 13.6. The number of benzene rings is 1. The Kier molecular flexibility index (Phi) is 9.57. The Balaban J connectivity index is 1.78. The van der Waals surface area contributed by atoms with Gasteiger partial charge in [-0.3, -0.25) is 4.98 Å². The van der Waals surface area contributed by atoms with Crippen molar-refractivity contribution in [3.8, 4) is 0 Å². The topological polar surface area (TPSA) is 71.8 Å². The molecule has 2 heterocycles. The van der Waals surface area contributed by atoms with Crippen LogP contribution in [-0.2, 0) is 38.7 Å². The van der Waals surface area contributed by atoms with E-state index in [1.165, 1.54) is 11.9 Å². The van der Waals surface area contributed by atoms with Gasteiger partial charge in [-0.1, -0.05) is 31.3 Å². The summed E-state index contributed by atoms with van der Waals surface area (Å²) in [5, 5.41) is 15.0. The lowest BCUT2D eigenvalue weighted by Crippen LogP contribution is -2.35. The van der Waals surface area contributed by atoms with Gasteiger partial charge >= 0.3 is 18.5 Å². The van der Waals surface area contributed by atoms with E-state index in [0.717, 1.165) is 49.2 Å². The second-order valence-electron chi connectivity index (χ2n) is 10.6. The van der Waals surface area contributed by atoms with Gasteiger partial charge in [0.25, 0.3) is 5.95 Å². The van der Waals surface area contributed by atoms with Crippen LogP contribution in [0.5, 0.6) is 0 Å². The molecule has 2 aromatic heterocycles. The summed E-state index contributed by atoms with van der Waals surface area (Å²) in [6.45, 7) is 0.840. The lowest BCUT2D eigenvalue weighted by atomic mass is 9.93. The molecule has 0 amide bonds. The van der Waals surface area contributed by atoms with Gasteiger partial charge in [0.1, 0.15) is 0 Å². The molecule has 0 radical (unpaired) electrons. The molecule has 3 aromatic rings. The summed E-state index contributed by atoms with van der Waals surface area (Å²) in [6, 6.07) is 1.69. The second kappa shape index (κ2) is 12.7. The van der Waals surface area contributed by atoms with Crippen LogP contribution in [-0.4, -0.2) is 31.2 Å². The minimum absolute atomic E-state index is 0.00597. The number of anilines is 1. The largest absolute Gasteiger partial charge is 0.417 e. The number of halogens is 9. The van der Waals surface area contributed by atoms with Crippen LogP contribution in [0, 0.1) is 0 Å². The van der Waals surface area contributed by atoms with Gasteiger partial charge in [0.05, 0.1) is 29.4 Å². The molecule has 1 aromatic carbocycles. The monoisotopic (exact) mass is 623 g/mol. The van der Waals surface area contributed by atoms with Gasteiger partial charge in [-0.05, 0) is 59.9 Å². The van der Waals surface area contributed by atoms with Crippen molar-refractivity contribution in [3.05, 3.63) is 64.0 Å². The smallest absolute Gasteiger partial charge is 0.329 e. The summed E-state index contributed by atoms with van der Waals surface area (Å²) in [6.07, 6.45) is -8.86. The predicted molar refractivity (Wildman–Crippen MR) is 137 cm³/mol. The van der Waals surface area contributed by atoms with Crippen LogP contribution in [0.3, 0.4) is 0 Å². The van der Waals surface area contributed by atoms with Crippen molar-refractivity contribution in [1.82, 2.24) is 30.5 Å². The lowest BCUT2D eigenvalue weighted by Gasteiger charge is -2.30. The zero-order valence-electron chi connectivity index (χ0n) is 23.3. The van der Waals surface area contributed by atoms with E-state index in [4.69, 9.17) is 0 Å². The third-order valence-corrected chi connectivity index (χ3v) is 7.27. The lowest BCUT2D eigenvalue weighted by molar-refractivity contribution is -0.143. The molecule has 1 aliphatic carbocycles. The molecule has 1 aliphatic rings. The first-order valence-electron chi connectivity index (χ1n) is 13.6. The Morgan fingerprint density at radius 2 is 1.47 bits per heavy atom. The molecule has 0 spiro atoms. The molecule has 0 saturated heterocycles. The molecule has 4 rings (SSSR count). The average molecular weight is 624 g/mol. The third-order valence-electron chi connectivity index (χ3n) is 7.27. The Morgan fingerprint density at radius 1 is 0.860 bits per heavy atom. The molecule has 16 heteroatoms. The van der Waals surface area contributed by atoms with Crippen LogP contribution in [0.1, 0.15) is 85.0 Å². The van der Waals surface area contributed by atoms with E-state index in [1.54, 1.807) is 0 Å². The van der Waals surface area contributed by atoms with Gasteiger partial charge in [0.2, 0.25) is 0 Å². The highest BCUT2D eigenvalue weighted by atomic mass is 19.4. The number of nitrogens with one attached hydrogen (secondary N) is 1. The Hall–Kier alpha value is -3.43. The van der Waals surface area contributed by atoms with Crippen LogP contribution in [0.25, 0.3) is 0 Å². The van der Waals surface area contributed by atoms with E-state index < -0.39 is 59.9 Å². The highest BCUT2D eigenvalue weighted by Crippen LogP contribution is 2.37. The Morgan fingerprint density at radius 3 is 1.98 bits per heavy atom. The van der Waals surface area contributed by atoms with Gasteiger partial charge in [-0.15, -0.1) is 5.10 Å². The fourth-order valence-corrected chi connectivity index (χ4v) is 5.19. The highest BCUT2D eigenvalue weighted by Gasteiger charge is 2.37. The predicted octanol–water partition coefficient (Wildman–Crippen LogP) is 7.24. The van der Waals surface area contributed by atoms with Crippen LogP contribution in [0.15, 0.2) is 30.5 Å². The SMILES string of the molecule is CCC(NC1CCCCC1)c1ncc(C(F)(F)F)cc1CN(Cc1cc(C(F)(F)F)cc(C(F)(F)F)c1)c1nnn(C)n1. The van der Waals surface area contributed by atoms with E-state index in [-0.39, 0.29) is 29.3 Å². The Labute approximate surface area is 241 Å². The molecular formula is C27H30F9N7. The second-order valence-corrected chi connectivity index (χ2v) is 10.6. The average Bonchev–Trinajstić information content (AvgIpc) is 3.36. The van der Waals surface area contributed by atoms with E-state index in [1.807, 2.05) is 6.92 Å². The minimum atomic E-state index is -5.08. The maximum Gasteiger partial charge on any atom is 0.417 e. The standard InChI is InChI=1S/C27H30F9N7/c1-3-22(38-21-7-5-4-6-8-21)23-17(11-20(13-37-23)27(34,35)36)15-43(24-39-41-42(2)40-24)14-16-9-18(25(28,29)30)12-19(10-16)26(31,32)33/h9-13,21-22,38H,3-8,14-15H2,1-2H3. The molecule has 43 heavy (non-hydrogen) atoms. The number of hydrogen-bond acceptors (Lipinski definition) is 6. The van der Waals surface area contributed by atoms with Crippen molar-refractivity contribution in [1.29, 1.82) is 0 Å². The number of tetrazole rings is 1. The molecule has 0 bridgehead atoms. The quantitative estimate of drug-likeness (QED) is 0.254. The number of nitrogens with zero attached hydrogens (tertiary/aromatic N) is 6. The first kappa shape index (κ1) is 32.5. The van der Waals surface area contributed by atoms with Crippen molar-refractivity contribution in [2.45, 2.75) is 89.2 Å². The zero-order chi connectivity index (χ0) is 31.6. The highest BCUT2D eigenvalue weighted by molar-refractivity contribution is 5.40. The van der Waals surface area contributed by atoms with Crippen molar-refractivity contribution in [2.75, 3.05) is 4.90 Å². The third kappa shape index (κ3) is 8.36. The van der Waals surface area contributed by atoms with Crippen LogP contribution in [0.4, 0.5) is 45.5 Å². The van der Waals surface area contributed by atoms with Gasteiger partial charge in [0.15, 0.2) is 0 Å². The van der Waals surface area contributed by atoms with E-state index in [9.17, 15) is 39.5 Å².